The number of halogens is 4. The Morgan fingerprint density at radius 2 is 1.70 bits per heavy atom. The summed E-state index contributed by atoms with van der Waals surface area (Å²) in [5, 5.41) is 0. The molecular formula is C15H12BrF3O. The molecule has 0 heterocycles. The van der Waals surface area contributed by atoms with Crippen molar-refractivity contribution >= 4 is 15.9 Å². The van der Waals surface area contributed by atoms with E-state index in [1.54, 1.807) is 6.92 Å². The summed E-state index contributed by atoms with van der Waals surface area (Å²) >= 11 is 3.35. The predicted octanol–water partition coefficient (Wildman–Crippen LogP) is 4.91. The molecule has 0 aliphatic rings. The molecule has 1 nitrogen and oxygen atoms in total. The van der Waals surface area contributed by atoms with Gasteiger partial charge in [-0.05, 0) is 36.2 Å². The van der Waals surface area contributed by atoms with E-state index < -0.39 is 22.3 Å². The number of ether oxygens (including phenoxy) is 1. The summed E-state index contributed by atoms with van der Waals surface area (Å²) in [6.45, 7) is 1.56. The summed E-state index contributed by atoms with van der Waals surface area (Å²) in [7, 11) is 1.36. The molecule has 0 N–H and O–H groups in total. The third-order valence-corrected chi connectivity index (χ3v) is 4.04. The summed E-state index contributed by atoms with van der Waals surface area (Å²) in [4.78, 5) is -0.517. The van der Waals surface area contributed by atoms with Crippen molar-refractivity contribution in [1.29, 1.82) is 0 Å². The van der Waals surface area contributed by atoms with E-state index in [2.05, 4.69) is 15.9 Å². The first-order chi connectivity index (χ1) is 9.43. The van der Waals surface area contributed by atoms with Gasteiger partial charge in [0.25, 0.3) is 0 Å². The normalized spacial score (nSPS) is 12.3. The number of methoxy groups -OCH3 is 1. The topological polar surface area (TPSA) is 9.23 Å². The van der Waals surface area contributed by atoms with Crippen LogP contribution in [-0.2, 0) is 0 Å². The molecule has 0 aliphatic carbocycles. The zero-order valence-corrected chi connectivity index (χ0v) is 12.5. The number of rotatable bonds is 3. The fourth-order valence-electron chi connectivity index (χ4n) is 1.89. The van der Waals surface area contributed by atoms with Crippen molar-refractivity contribution in [2.45, 2.75) is 11.8 Å². The van der Waals surface area contributed by atoms with Crippen LogP contribution >= 0.6 is 15.9 Å². The van der Waals surface area contributed by atoms with E-state index in [1.165, 1.54) is 31.4 Å². The van der Waals surface area contributed by atoms with Crippen molar-refractivity contribution in [2.75, 3.05) is 7.11 Å². The summed E-state index contributed by atoms with van der Waals surface area (Å²) < 4.78 is 45.4. The zero-order chi connectivity index (χ0) is 14.9. The van der Waals surface area contributed by atoms with Crippen LogP contribution in [0, 0.1) is 24.4 Å². The molecule has 0 amide bonds. The second kappa shape index (κ2) is 5.87. The van der Waals surface area contributed by atoms with Gasteiger partial charge >= 0.3 is 0 Å². The molecule has 5 heteroatoms. The summed E-state index contributed by atoms with van der Waals surface area (Å²) in [6, 6.07) is 6.53. The van der Waals surface area contributed by atoms with Crippen LogP contribution in [-0.4, -0.2) is 7.11 Å². The number of benzene rings is 2. The molecule has 0 spiro atoms. The lowest BCUT2D eigenvalue weighted by Crippen LogP contribution is -2.00. The van der Waals surface area contributed by atoms with Crippen molar-refractivity contribution in [2.24, 2.45) is 0 Å². The Morgan fingerprint density at radius 1 is 1.00 bits per heavy atom. The Labute approximate surface area is 123 Å². The molecule has 0 saturated heterocycles. The number of aryl methyl sites for hydroxylation is 1. The molecule has 0 radical (unpaired) electrons. The van der Waals surface area contributed by atoms with E-state index in [9.17, 15) is 13.2 Å². The fraction of sp³-hybridized carbons (Fsp3) is 0.200. The lowest BCUT2D eigenvalue weighted by atomic mass is 10.0. The van der Waals surface area contributed by atoms with Crippen LogP contribution in [0.4, 0.5) is 13.2 Å². The Hall–Kier alpha value is -1.49. The second-order valence-corrected chi connectivity index (χ2v) is 5.30. The van der Waals surface area contributed by atoms with Gasteiger partial charge in [0.05, 0.1) is 11.9 Å². The highest BCUT2D eigenvalue weighted by molar-refractivity contribution is 9.09. The van der Waals surface area contributed by atoms with E-state index in [-0.39, 0.29) is 11.3 Å². The third-order valence-electron chi connectivity index (χ3n) is 3.02. The van der Waals surface area contributed by atoms with Crippen LogP contribution in [0.2, 0.25) is 0 Å². The van der Waals surface area contributed by atoms with Crippen molar-refractivity contribution in [3.8, 4) is 5.75 Å². The SMILES string of the molecule is COc1cc(C(Br)c2cc(C)c(F)cc2F)ccc1F. The third kappa shape index (κ3) is 2.82. The molecule has 2 rings (SSSR count). The number of hydrogen-bond donors (Lipinski definition) is 0. The standard InChI is InChI=1S/C15H12BrF3O/c1-8-5-10(13(19)7-12(8)18)15(16)9-3-4-11(17)14(6-9)20-2/h3-7,15H,1-2H3. The molecule has 0 bridgehead atoms. The molecule has 2 aromatic rings. The number of hydrogen-bond acceptors (Lipinski definition) is 1. The van der Waals surface area contributed by atoms with Gasteiger partial charge in [-0.15, -0.1) is 0 Å². The Balaban J connectivity index is 2.46. The molecule has 0 fully saturated rings. The van der Waals surface area contributed by atoms with Crippen molar-refractivity contribution in [3.63, 3.8) is 0 Å². The molecule has 0 aromatic heterocycles. The molecule has 2 aromatic carbocycles. The van der Waals surface area contributed by atoms with Crippen molar-refractivity contribution in [1.82, 2.24) is 0 Å². The van der Waals surface area contributed by atoms with Gasteiger partial charge < -0.3 is 4.74 Å². The first-order valence-corrected chi connectivity index (χ1v) is 6.78. The lowest BCUT2D eigenvalue weighted by Gasteiger charge is -2.14. The number of alkyl halides is 1. The highest BCUT2D eigenvalue weighted by Crippen LogP contribution is 2.35. The zero-order valence-electron chi connectivity index (χ0n) is 10.9. The van der Waals surface area contributed by atoms with Crippen molar-refractivity contribution < 1.29 is 17.9 Å². The van der Waals surface area contributed by atoms with Gasteiger partial charge in [-0.2, -0.15) is 0 Å². The van der Waals surface area contributed by atoms with Gasteiger partial charge in [0.2, 0.25) is 0 Å². The minimum atomic E-state index is -0.654. The monoisotopic (exact) mass is 344 g/mol. The van der Waals surface area contributed by atoms with Crippen molar-refractivity contribution in [3.05, 3.63) is 64.5 Å². The average Bonchev–Trinajstić information content (AvgIpc) is 2.42. The minimum Gasteiger partial charge on any atom is -0.494 e. The summed E-state index contributed by atoms with van der Waals surface area (Å²) in [5.74, 6) is -1.67. The molecule has 0 saturated carbocycles. The maximum atomic E-state index is 13.9. The van der Waals surface area contributed by atoms with E-state index in [0.717, 1.165) is 6.07 Å². The maximum absolute atomic E-state index is 13.9. The highest BCUT2D eigenvalue weighted by Gasteiger charge is 2.18. The van der Waals surface area contributed by atoms with Gasteiger partial charge in [0.15, 0.2) is 11.6 Å². The van der Waals surface area contributed by atoms with Crippen LogP contribution in [0.5, 0.6) is 5.75 Å². The minimum absolute atomic E-state index is 0.0752. The molecule has 1 unspecified atom stereocenters. The predicted molar refractivity (Wildman–Crippen MR) is 74.8 cm³/mol. The summed E-state index contributed by atoms with van der Waals surface area (Å²) in [5.41, 5.74) is 1.26. The highest BCUT2D eigenvalue weighted by atomic mass is 79.9. The Bertz CT molecular complexity index is 643. The first kappa shape index (κ1) is 14.9. The van der Waals surface area contributed by atoms with Gasteiger partial charge in [0, 0.05) is 11.6 Å². The van der Waals surface area contributed by atoms with Crippen LogP contribution in [0.25, 0.3) is 0 Å². The molecular weight excluding hydrogens is 333 g/mol. The fourth-order valence-corrected chi connectivity index (χ4v) is 2.52. The molecule has 20 heavy (non-hydrogen) atoms. The van der Waals surface area contributed by atoms with E-state index in [1.807, 2.05) is 0 Å². The van der Waals surface area contributed by atoms with Gasteiger partial charge in [-0.25, -0.2) is 13.2 Å². The Kier molecular flexibility index (Phi) is 4.38. The van der Waals surface area contributed by atoms with Gasteiger partial charge in [-0.3, -0.25) is 0 Å². The van der Waals surface area contributed by atoms with Crippen LogP contribution in [0.1, 0.15) is 21.5 Å². The largest absolute Gasteiger partial charge is 0.494 e. The van der Waals surface area contributed by atoms with Crippen LogP contribution in [0.3, 0.4) is 0 Å². The van der Waals surface area contributed by atoms with E-state index in [4.69, 9.17) is 4.74 Å². The maximum Gasteiger partial charge on any atom is 0.165 e. The average molecular weight is 345 g/mol. The quantitative estimate of drug-likeness (QED) is 0.719. The second-order valence-electron chi connectivity index (χ2n) is 4.38. The molecule has 106 valence electrons. The smallest absolute Gasteiger partial charge is 0.165 e. The van der Waals surface area contributed by atoms with Gasteiger partial charge in [-0.1, -0.05) is 22.0 Å². The Morgan fingerprint density at radius 3 is 2.35 bits per heavy atom. The van der Waals surface area contributed by atoms with E-state index in [0.29, 0.717) is 11.1 Å². The molecule has 1 atom stereocenters. The van der Waals surface area contributed by atoms with E-state index >= 15 is 0 Å². The lowest BCUT2D eigenvalue weighted by molar-refractivity contribution is 0.386. The molecule has 0 aliphatic heterocycles. The first-order valence-electron chi connectivity index (χ1n) is 5.87. The van der Waals surface area contributed by atoms with Gasteiger partial charge in [0.1, 0.15) is 11.6 Å². The van der Waals surface area contributed by atoms with Crippen LogP contribution in [0.15, 0.2) is 30.3 Å². The van der Waals surface area contributed by atoms with Crippen LogP contribution < -0.4 is 4.74 Å². The summed E-state index contributed by atoms with van der Waals surface area (Å²) in [6.07, 6.45) is 0.